The summed E-state index contributed by atoms with van der Waals surface area (Å²) >= 11 is 0. The van der Waals surface area contributed by atoms with Gasteiger partial charge in [-0.15, -0.1) is 0 Å². The van der Waals surface area contributed by atoms with Gasteiger partial charge in [0.2, 0.25) is 0 Å². The van der Waals surface area contributed by atoms with E-state index in [2.05, 4.69) is 4.98 Å². The molecule has 0 aliphatic rings. The van der Waals surface area contributed by atoms with Crippen molar-refractivity contribution in [2.75, 3.05) is 18.6 Å². The summed E-state index contributed by atoms with van der Waals surface area (Å²) in [5.41, 5.74) is 4.28. The molecule has 3 aromatic carbocycles. The fraction of sp³-hybridized carbons (Fsp3) is 0.276. The lowest BCUT2D eigenvalue weighted by atomic mass is 10.1. The molecule has 0 radical (unpaired) electrons. The number of nitrogens with zero attached hydrogens (tertiary/aromatic N) is 3. The highest BCUT2D eigenvalue weighted by Crippen LogP contribution is 2.26. The molecule has 10 heteroatoms. The van der Waals surface area contributed by atoms with Crippen LogP contribution in [0.1, 0.15) is 31.9 Å². The average molecular weight is 550 g/mol. The minimum absolute atomic E-state index is 0.117. The van der Waals surface area contributed by atoms with Crippen molar-refractivity contribution in [2.45, 2.75) is 44.6 Å². The number of amides is 1. The zero-order chi connectivity index (χ0) is 28.4. The van der Waals surface area contributed by atoms with Gasteiger partial charge in [-0.2, -0.15) is 8.42 Å². The number of rotatable bonds is 7. The van der Waals surface area contributed by atoms with E-state index in [0.29, 0.717) is 40.1 Å². The number of ether oxygens (including phenoxy) is 2. The van der Waals surface area contributed by atoms with Gasteiger partial charge in [0.15, 0.2) is 0 Å². The smallest absolute Gasteiger partial charge is 0.414 e. The average Bonchev–Trinajstić information content (AvgIpc) is 2.86. The van der Waals surface area contributed by atoms with Crippen LogP contribution in [0.25, 0.3) is 22.3 Å². The van der Waals surface area contributed by atoms with Gasteiger partial charge < -0.3 is 9.47 Å². The van der Waals surface area contributed by atoms with Gasteiger partial charge in [0, 0.05) is 30.8 Å². The second-order valence-electron chi connectivity index (χ2n) is 10.2. The molecule has 0 fully saturated rings. The molecule has 0 spiro atoms. The maximum Gasteiger partial charge on any atom is 0.414 e. The zero-order valence-electron chi connectivity index (χ0n) is 22.5. The Bertz CT molecular complexity index is 1610. The third-order valence-electron chi connectivity index (χ3n) is 5.87. The maximum absolute atomic E-state index is 12.4. The Kier molecular flexibility index (Phi) is 7.89. The van der Waals surface area contributed by atoms with Crippen LogP contribution in [-0.4, -0.2) is 48.3 Å². The number of carbonyl (C=O) groups is 1. The summed E-state index contributed by atoms with van der Waals surface area (Å²) in [6.45, 7) is 7.52. The van der Waals surface area contributed by atoms with E-state index in [1.165, 1.54) is 11.0 Å². The molecular weight excluding hydrogens is 518 g/mol. The SMILES string of the molecule is Cc1ccc(S(=O)(=O)O)c(CCOc2ccc3ncc(-c4ccc(N(C)C(=O)OC(C)(C)C)cc4)nc3c2)c1. The lowest BCUT2D eigenvalue weighted by molar-refractivity contribution is 0.0589. The van der Waals surface area contributed by atoms with Crippen molar-refractivity contribution in [3.05, 3.63) is 78.0 Å². The molecule has 0 saturated heterocycles. The summed E-state index contributed by atoms with van der Waals surface area (Å²) in [5.74, 6) is 0.560. The molecule has 0 saturated carbocycles. The van der Waals surface area contributed by atoms with E-state index in [4.69, 9.17) is 14.5 Å². The van der Waals surface area contributed by atoms with Gasteiger partial charge in [0.05, 0.1) is 34.4 Å². The van der Waals surface area contributed by atoms with Gasteiger partial charge in [-0.1, -0.05) is 29.8 Å². The third kappa shape index (κ3) is 7.10. The summed E-state index contributed by atoms with van der Waals surface area (Å²) in [6, 6.07) is 17.5. The Morgan fingerprint density at radius 2 is 1.72 bits per heavy atom. The van der Waals surface area contributed by atoms with E-state index in [9.17, 15) is 17.8 Å². The van der Waals surface area contributed by atoms with Gasteiger partial charge >= 0.3 is 6.09 Å². The molecule has 0 aliphatic heterocycles. The van der Waals surface area contributed by atoms with Gasteiger partial charge in [-0.3, -0.25) is 14.4 Å². The standard InChI is InChI=1S/C29H31N3O6S/c1-19-6-13-27(39(34,35)36)21(16-19)14-15-37-23-11-12-24-25(17-23)31-26(18-30-24)20-7-9-22(10-8-20)32(5)28(33)38-29(2,3)4/h6-13,16-18H,14-15H2,1-5H3,(H,34,35,36). The van der Waals surface area contributed by atoms with E-state index in [-0.39, 0.29) is 11.5 Å². The Morgan fingerprint density at radius 1 is 1.00 bits per heavy atom. The highest BCUT2D eigenvalue weighted by Gasteiger charge is 2.20. The van der Waals surface area contributed by atoms with Crippen LogP contribution in [0.5, 0.6) is 5.75 Å². The molecule has 1 aromatic heterocycles. The minimum atomic E-state index is -4.32. The second kappa shape index (κ2) is 11.0. The molecule has 1 N–H and O–H groups in total. The number of hydrogen-bond donors (Lipinski definition) is 1. The number of fused-ring (bicyclic) bond motifs is 1. The largest absolute Gasteiger partial charge is 0.493 e. The molecule has 39 heavy (non-hydrogen) atoms. The van der Waals surface area contributed by atoms with Crippen molar-refractivity contribution in [1.82, 2.24) is 9.97 Å². The predicted octanol–water partition coefficient (Wildman–Crippen LogP) is 5.84. The molecule has 1 amide bonds. The number of carbonyl (C=O) groups excluding carboxylic acids is 1. The molecule has 4 rings (SSSR count). The van der Waals surface area contributed by atoms with Crippen LogP contribution in [0, 0.1) is 6.92 Å². The molecule has 204 valence electrons. The van der Waals surface area contributed by atoms with Crippen LogP contribution in [0.2, 0.25) is 0 Å². The van der Waals surface area contributed by atoms with Crippen LogP contribution in [0.3, 0.4) is 0 Å². The first-order valence-electron chi connectivity index (χ1n) is 12.3. The summed E-state index contributed by atoms with van der Waals surface area (Å²) in [4.78, 5) is 22.9. The fourth-order valence-corrected chi connectivity index (χ4v) is 4.68. The number of hydrogen-bond acceptors (Lipinski definition) is 7. The number of aromatic nitrogens is 2. The van der Waals surface area contributed by atoms with Gasteiger partial charge in [0.1, 0.15) is 11.4 Å². The first-order chi connectivity index (χ1) is 18.3. The maximum atomic E-state index is 12.4. The Morgan fingerprint density at radius 3 is 2.38 bits per heavy atom. The Labute approximate surface area is 228 Å². The summed E-state index contributed by atoms with van der Waals surface area (Å²) in [5, 5.41) is 0. The second-order valence-corrected chi connectivity index (χ2v) is 11.6. The van der Waals surface area contributed by atoms with Gasteiger partial charge in [0.25, 0.3) is 10.1 Å². The summed E-state index contributed by atoms with van der Waals surface area (Å²) in [6.07, 6.45) is 1.54. The number of anilines is 1. The van der Waals surface area contributed by atoms with Crippen LogP contribution in [0.4, 0.5) is 10.5 Å². The quantitative estimate of drug-likeness (QED) is 0.285. The van der Waals surface area contributed by atoms with Crippen LogP contribution >= 0.6 is 0 Å². The highest BCUT2D eigenvalue weighted by molar-refractivity contribution is 7.85. The van der Waals surface area contributed by atoms with E-state index < -0.39 is 21.8 Å². The topological polar surface area (TPSA) is 119 Å². The van der Waals surface area contributed by atoms with Crippen LogP contribution in [0.15, 0.2) is 71.8 Å². The summed E-state index contributed by atoms with van der Waals surface area (Å²) in [7, 11) is -2.67. The molecular formula is C29H31N3O6S. The normalized spacial score (nSPS) is 11.8. The van der Waals surface area contributed by atoms with E-state index >= 15 is 0 Å². The first kappa shape index (κ1) is 28.0. The molecule has 1 heterocycles. The van der Waals surface area contributed by atoms with Gasteiger partial charge in [-0.05, 0) is 63.6 Å². The minimum Gasteiger partial charge on any atom is -0.493 e. The Balaban J connectivity index is 1.48. The van der Waals surface area contributed by atoms with Crippen molar-refractivity contribution in [2.24, 2.45) is 0 Å². The summed E-state index contributed by atoms with van der Waals surface area (Å²) < 4.78 is 44.2. The van der Waals surface area contributed by atoms with Crippen molar-refractivity contribution < 1.29 is 27.2 Å². The third-order valence-corrected chi connectivity index (χ3v) is 6.82. The number of aryl methyl sites for hydroxylation is 1. The highest BCUT2D eigenvalue weighted by atomic mass is 32.2. The monoisotopic (exact) mass is 549 g/mol. The van der Waals surface area contributed by atoms with E-state index in [0.717, 1.165) is 11.1 Å². The predicted molar refractivity (Wildman–Crippen MR) is 150 cm³/mol. The molecule has 0 aliphatic carbocycles. The van der Waals surface area contributed by atoms with E-state index in [1.54, 1.807) is 43.6 Å². The molecule has 0 atom stereocenters. The molecule has 9 nitrogen and oxygen atoms in total. The molecule has 4 aromatic rings. The molecule has 0 bridgehead atoms. The van der Waals surface area contributed by atoms with Crippen LogP contribution < -0.4 is 9.64 Å². The lowest BCUT2D eigenvalue weighted by Gasteiger charge is -2.24. The van der Waals surface area contributed by atoms with Crippen molar-refractivity contribution in [3.63, 3.8) is 0 Å². The fourth-order valence-electron chi connectivity index (χ4n) is 3.95. The Hall–Kier alpha value is -4.02. The van der Waals surface area contributed by atoms with Gasteiger partial charge in [-0.25, -0.2) is 9.78 Å². The molecule has 0 unspecified atom stereocenters. The van der Waals surface area contributed by atoms with E-state index in [1.807, 2.05) is 52.0 Å². The number of benzene rings is 3. The lowest BCUT2D eigenvalue weighted by Crippen LogP contribution is -2.34. The van der Waals surface area contributed by atoms with Crippen molar-refractivity contribution >= 4 is 32.9 Å². The zero-order valence-corrected chi connectivity index (χ0v) is 23.3. The first-order valence-corrected chi connectivity index (χ1v) is 13.8. The van der Waals surface area contributed by atoms with Crippen LogP contribution in [-0.2, 0) is 21.3 Å². The van der Waals surface area contributed by atoms with Crippen molar-refractivity contribution in [1.29, 1.82) is 0 Å². The van der Waals surface area contributed by atoms with Crippen molar-refractivity contribution in [3.8, 4) is 17.0 Å².